The number of rotatable bonds is 5. The van der Waals surface area contributed by atoms with Crippen molar-refractivity contribution in [1.29, 1.82) is 5.26 Å². The Bertz CT molecular complexity index is 494. The third kappa shape index (κ3) is 3.61. The maximum Gasteiger partial charge on any atom is 0.240 e. The number of nitriles is 1. The van der Waals surface area contributed by atoms with Crippen LogP contribution in [0, 0.1) is 17.1 Å². The zero-order valence-corrected chi connectivity index (χ0v) is 9.30. The average molecular weight is 242 g/mol. The van der Waals surface area contributed by atoms with Gasteiger partial charge in [0.1, 0.15) is 5.82 Å². The van der Waals surface area contributed by atoms with Gasteiger partial charge in [-0.3, -0.25) is 0 Å². The molecule has 0 fully saturated rings. The molecule has 0 unspecified atom stereocenters. The molecule has 0 spiro atoms. The molecule has 0 aliphatic heterocycles. The molecular formula is C10H11FN2O2S. The van der Waals surface area contributed by atoms with E-state index in [-0.39, 0.29) is 17.9 Å². The number of hydrogen-bond donors (Lipinski definition) is 1. The van der Waals surface area contributed by atoms with Crippen molar-refractivity contribution < 1.29 is 12.8 Å². The Balaban J connectivity index is 2.68. The maximum atomic E-state index is 12.8. The van der Waals surface area contributed by atoms with Crippen LogP contribution < -0.4 is 4.72 Å². The van der Waals surface area contributed by atoms with Gasteiger partial charge in [0.2, 0.25) is 10.0 Å². The second kappa shape index (κ2) is 5.58. The molecule has 0 saturated carbocycles. The molecule has 0 amide bonds. The van der Waals surface area contributed by atoms with Gasteiger partial charge in [0.25, 0.3) is 0 Å². The first-order valence-corrected chi connectivity index (χ1v) is 6.17. The average Bonchev–Trinajstić information content (AvgIpc) is 2.24. The molecule has 0 aliphatic rings. The summed E-state index contributed by atoms with van der Waals surface area (Å²) in [4.78, 5) is -0.107. The van der Waals surface area contributed by atoms with Gasteiger partial charge >= 0.3 is 0 Å². The molecule has 86 valence electrons. The van der Waals surface area contributed by atoms with E-state index in [2.05, 4.69) is 4.72 Å². The van der Waals surface area contributed by atoms with Crippen molar-refractivity contribution in [1.82, 2.24) is 4.72 Å². The topological polar surface area (TPSA) is 70.0 Å². The van der Waals surface area contributed by atoms with Crippen LogP contribution in [0.1, 0.15) is 12.8 Å². The van der Waals surface area contributed by atoms with Crippen LogP contribution in [0.25, 0.3) is 0 Å². The van der Waals surface area contributed by atoms with Crippen LogP contribution in [0.3, 0.4) is 0 Å². The summed E-state index contributed by atoms with van der Waals surface area (Å²) in [5.74, 6) is -0.597. The summed E-state index contributed by atoms with van der Waals surface area (Å²) in [6.45, 7) is 0.173. The van der Waals surface area contributed by atoms with E-state index in [1.165, 1.54) is 18.2 Å². The van der Waals surface area contributed by atoms with Gasteiger partial charge in [-0.25, -0.2) is 17.5 Å². The molecule has 0 saturated heterocycles. The van der Waals surface area contributed by atoms with E-state index >= 15 is 0 Å². The SMILES string of the molecule is N#CCCCNS(=O)(=O)c1cccc(F)c1. The molecule has 6 heteroatoms. The summed E-state index contributed by atoms with van der Waals surface area (Å²) in [6.07, 6.45) is 0.719. The molecule has 1 N–H and O–H groups in total. The van der Waals surface area contributed by atoms with Gasteiger partial charge in [-0.2, -0.15) is 5.26 Å². The van der Waals surface area contributed by atoms with E-state index < -0.39 is 15.8 Å². The van der Waals surface area contributed by atoms with E-state index in [4.69, 9.17) is 5.26 Å². The molecule has 1 aromatic carbocycles. The van der Waals surface area contributed by atoms with Crippen LogP contribution >= 0.6 is 0 Å². The Morgan fingerprint density at radius 3 is 2.81 bits per heavy atom. The Morgan fingerprint density at radius 2 is 2.19 bits per heavy atom. The van der Waals surface area contributed by atoms with Gasteiger partial charge in [0, 0.05) is 13.0 Å². The standard InChI is InChI=1S/C10H11FN2O2S/c11-9-4-3-5-10(8-9)16(14,15)13-7-2-1-6-12/h3-5,8,13H,1-2,7H2. The fourth-order valence-corrected chi connectivity index (χ4v) is 2.20. The second-order valence-electron chi connectivity index (χ2n) is 3.12. The lowest BCUT2D eigenvalue weighted by molar-refractivity contribution is 0.576. The first-order chi connectivity index (χ1) is 7.56. The number of halogens is 1. The third-order valence-electron chi connectivity index (χ3n) is 1.86. The summed E-state index contributed by atoms with van der Waals surface area (Å²) in [5, 5.41) is 8.27. The number of nitrogens with zero attached hydrogens (tertiary/aromatic N) is 1. The van der Waals surface area contributed by atoms with Crippen molar-refractivity contribution >= 4 is 10.0 Å². The van der Waals surface area contributed by atoms with Crippen LogP contribution in [0.4, 0.5) is 4.39 Å². The minimum atomic E-state index is -3.66. The monoisotopic (exact) mass is 242 g/mol. The molecular weight excluding hydrogens is 231 g/mol. The fraction of sp³-hybridized carbons (Fsp3) is 0.300. The highest BCUT2D eigenvalue weighted by Gasteiger charge is 2.13. The van der Waals surface area contributed by atoms with Crippen LogP contribution in [0.5, 0.6) is 0 Å². The van der Waals surface area contributed by atoms with Crippen LogP contribution in [-0.4, -0.2) is 15.0 Å². The largest absolute Gasteiger partial charge is 0.240 e. The maximum absolute atomic E-state index is 12.8. The molecule has 16 heavy (non-hydrogen) atoms. The van der Waals surface area contributed by atoms with Crippen molar-refractivity contribution in [3.05, 3.63) is 30.1 Å². The van der Waals surface area contributed by atoms with Crippen LogP contribution in [0.2, 0.25) is 0 Å². The van der Waals surface area contributed by atoms with Gasteiger partial charge in [-0.15, -0.1) is 0 Å². The highest BCUT2D eigenvalue weighted by Crippen LogP contribution is 2.09. The number of benzene rings is 1. The van der Waals surface area contributed by atoms with Gasteiger partial charge in [-0.05, 0) is 24.6 Å². The van der Waals surface area contributed by atoms with Crippen molar-refractivity contribution in [2.45, 2.75) is 17.7 Å². The summed E-state index contributed by atoms with van der Waals surface area (Å²) in [6, 6.07) is 6.68. The summed E-state index contributed by atoms with van der Waals surface area (Å²) in [5.41, 5.74) is 0. The molecule has 0 radical (unpaired) electrons. The lowest BCUT2D eigenvalue weighted by Gasteiger charge is -2.05. The lowest BCUT2D eigenvalue weighted by atomic mass is 10.3. The van der Waals surface area contributed by atoms with Gasteiger partial charge in [-0.1, -0.05) is 6.07 Å². The fourth-order valence-electron chi connectivity index (χ4n) is 1.09. The summed E-state index contributed by atoms with van der Waals surface area (Å²) in [7, 11) is -3.66. The van der Waals surface area contributed by atoms with Crippen molar-refractivity contribution in [3.63, 3.8) is 0 Å². The molecule has 0 bridgehead atoms. The highest BCUT2D eigenvalue weighted by atomic mass is 32.2. The number of unbranched alkanes of at least 4 members (excludes halogenated alkanes) is 1. The zero-order chi connectivity index (χ0) is 12.0. The lowest BCUT2D eigenvalue weighted by Crippen LogP contribution is -2.24. The van der Waals surface area contributed by atoms with Crippen molar-refractivity contribution in [2.24, 2.45) is 0 Å². The van der Waals surface area contributed by atoms with Gasteiger partial charge in [0.15, 0.2) is 0 Å². The quantitative estimate of drug-likeness (QED) is 0.793. The highest BCUT2D eigenvalue weighted by molar-refractivity contribution is 7.89. The molecule has 0 aromatic heterocycles. The number of hydrogen-bond acceptors (Lipinski definition) is 3. The summed E-state index contributed by atoms with van der Waals surface area (Å²) >= 11 is 0. The van der Waals surface area contributed by atoms with E-state index in [0.717, 1.165) is 6.07 Å². The number of sulfonamides is 1. The molecule has 0 aliphatic carbocycles. The first-order valence-electron chi connectivity index (χ1n) is 4.68. The van der Waals surface area contributed by atoms with Gasteiger partial charge in [0.05, 0.1) is 11.0 Å². The predicted octanol–water partition coefficient (Wildman–Crippen LogP) is 1.41. The van der Waals surface area contributed by atoms with Crippen LogP contribution in [-0.2, 0) is 10.0 Å². The van der Waals surface area contributed by atoms with E-state index in [0.29, 0.717) is 6.42 Å². The minimum Gasteiger partial charge on any atom is -0.211 e. The normalized spacial score (nSPS) is 11.0. The third-order valence-corrected chi connectivity index (χ3v) is 3.32. The molecule has 1 aromatic rings. The van der Waals surface area contributed by atoms with Gasteiger partial charge < -0.3 is 0 Å². The zero-order valence-electron chi connectivity index (χ0n) is 8.48. The van der Waals surface area contributed by atoms with Crippen molar-refractivity contribution in [3.8, 4) is 6.07 Å². The first kappa shape index (κ1) is 12.6. The molecule has 4 nitrogen and oxygen atoms in total. The molecule has 0 atom stereocenters. The number of nitrogens with one attached hydrogen (secondary N) is 1. The second-order valence-corrected chi connectivity index (χ2v) is 4.88. The van der Waals surface area contributed by atoms with E-state index in [1.807, 2.05) is 6.07 Å². The predicted molar refractivity (Wildman–Crippen MR) is 56.4 cm³/mol. The Kier molecular flexibility index (Phi) is 4.40. The Hall–Kier alpha value is -1.45. The summed E-state index contributed by atoms with van der Waals surface area (Å²) < 4.78 is 38.3. The molecule has 0 heterocycles. The molecule has 1 rings (SSSR count). The van der Waals surface area contributed by atoms with Crippen molar-refractivity contribution in [2.75, 3.05) is 6.54 Å². The minimum absolute atomic E-state index is 0.107. The Morgan fingerprint density at radius 1 is 1.44 bits per heavy atom. The van der Waals surface area contributed by atoms with Crippen LogP contribution in [0.15, 0.2) is 29.2 Å². The smallest absolute Gasteiger partial charge is 0.211 e. The van der Waals surface area contributed by atoms with E-state index in [1.54, 1.807) is 0 Å². The Labute approximate surface area is 93.8 Å². The van der Waals surface area contributed by atoms with E-state index in [9.17, 15) is 12.8 Å².